The topological polar surface area (TPSA) is 54.3 Å². The first-order valence-electron chi connectivity index (χ1n) is 6.81. The van der Waals surface area contributed by atoms with Crippen molar-refractivity contribution in [2.45, 2.75) is 13.0 Å². The van der Waals surface area contributed by atoms with E-state index in [9.17, 15) is 5.26 Å². The summed E-state index contributed by atoms with van der Waals surface area (Å²) >= 11 is 0. The van der Waals surface area contributed by atoms with E-state index in [0.29, 0.717) is 18.1 Å². The fourth-order valence-corrected chi connectivity index (χ4v) is 2.10. The molecule has 1 atom stereocenters. The minimum atomic E-state index is -0.510. The van der Waals surface area contributed by atoms with E-state index in [2.05, 4.69) is 11.4 Å². The summed E-state index contributed by atoms with van der Waals surface area (Å²) < 4.78 is 10.9. The number of nitriles is 1. The Bertz CT molecular complexity index is 635. The molecule has 2 rings (SSSR count). The van der Waals surface area contributed by atoms with E-state index in [1.54, 1.807) is 7.11 Å². The highest BCUT2D eigenvalue weighted by molar-refractivity contribution is 5.59. The molecule has 0 radical (unpaired) electrons. The van der Waals surface area contributed by atoms with Gasteiger partial charge in [-0.05, 0) is 25.1 Å². The Kier molecular flexibility index (Phi) is 5.05. The molecule has 0 aliphatic rings. The van der Waals surface area contributed by atoms with Crippen molar-refractivity contribution >= 4 is 5.69 Å². The lowest BCUT2D eigenvalue weighted by Crippen LogP contribution is -2.11. The molecule has 0 aliphatic heterocycles. The molecule has 0 spiro atoms. The van der Waals surface area contributed by atoms with Crippen LogP contribution in [0.15, 0.2) is 48.5 Å². The van der Waals surface area contributed by atoms with E-state index in [0.717, 1.165) is 11.3 Å². The van der Waals surface area contributed by atoms with Crippen molar-refractivity contribution in [1.82, 2.24) is 0 Å². The molecule has 108 valence electrons. The molecule has 1 N–H and O–H groups in total. The van der Waals surface area contributed by atoms with Crippen molar-refractivity contribution in [3.63, 3.8) is 0 Å². The zero-order chi connectivity index (χ0) is 15.1. The third-order valence-corrected chi connectivity index (χ3v) is 3.07. The summed E-state index contributed by atoms with van der Waals surface area (Å²) in [6.07, 6.45) is 0. The number of rotatable bonds is 6. The predicted molar refractivity (Wildman–Crippen MR) is 82.6 cm³/mol. The molecule has 21 heavy (non-hydrogen) atoms. The van der Waals surface area contributed by atoms with E-state index < -0.39 is 6.04 Å². The van der Waals surface area contributed by atoms with Gasteiger partial charge in [-0.1, -0.05) is 30.3 Å². The Morgan fingerprint density at radius 2 is 1.76 bits per heavy atom. The lowest BCUT2D eigenvalue weighted by molar-refractivity contribution is 0.336. The van der Waals surface area contributed by atoms with Crippen LogP contribution in [0, 0.1) is 11.3 Å². The van der Waals surface area contributed by atoms with Crippen molar-refractivity contribution in [2.24, 2.45) is 0 Å². The molecule has 0 amide bonds. The van der Waals surface area contributed by atoms with Crippen molar-refractivity contribution in [3.8, 4) is 17.6 Å². The van der Waals surface area contributed by atoms with Crippen molar-refractivity contribution in [1.29, 1.82) is 5.26 Å². The van der Waals surface area contributed by atoms with Crippen LogP contribution in [0.3, 0.4) is 0 Å². The minimum absolute atomic E-state index is 0.510. The van der Waals surface area contributed by atoms with E-state index >= 15 is 0 Å². The van der Waals surface area contributed by atoms with E-state index in [1.807, 2.05) is 55.5 Å². The second kappa shape index (κ2) is 7.20. The van der Waals surface area contributed by atoms with Crippen LogP contribution in [-0.4, -0.2) is 13.7 Å². The first-order chi connectivity index (χ1) is 10.3. The van der Waals surface area contributed by atoms with Gasteiger partial charge in [-0.2, -0.15) is 5.26 Å². The number of hydrogen-bond donors (Lipinski definition) is 1. The smallest absolute Gasteiger partial charge is 0.143 e. The normalized spacial score (nSPS) is 11.3. The summed E-state index contributed by atoms with van der Waals surface area (Å²) in [6, 6.07) is 16.8. The lowest BCUT2D eigenvalue weighted by atomic mass is 10.1. The third-order valence-electron chi connectivity index (χ3n) is 3.07. The van der Waals surface area contributed by atoms with Gasteiger partial charge in [0.05, 0.1) is 25.5 Å². The Balaban J connectivity index is 2.31. The van der Waals surface area contributed by atoms with Crippen LogP contribution in [0.25, 0.3) is 0 Å². The number of methoxy groups -OCH3 is 1. The fraction of sp³-hybridized carbons (Fsp3) is 0.235. The van der Waals surface area contributed by atoms with Gasteiger partial charge in [0, 0.05) is 5.56 Å². The van der Waals surface area contributed by atoms with Crippen molar-refractivity contribution in [2.75, 3.05) is 19.0 Å². The van der Waals surface area contributed by atoms with Gasteiger partial charge in [-0.15, -0.1) is 0 Å². The van der Waals surface area contributed by atoms with Crippen LogP contribution in [-0.2, 0) is 0 Å². The van der Waals surface area contributed by atoms with E-state index in [-0.39, 0.29) is 0 Å². The highest BCUT2D eigenvalue weighted by Crippen LogP contribution is 2.31. The molecule has 2 aromatic rings. The number of hydrogen-bond acceptors (Lipinski definition) is 4. The van der Waals surface area contributed by atoms with Crippen LogP contribution in [0.1, 0.15) is 18.5 Å². The zero-order valence-corrected chi connectivity index (χ0v) is 12.2. The van der Waals surface area contributed by atoms with Crippen LogP contribution >= 0.6 is 0 Å². The summed E-state index contributed by atoms with van der Waals surface area (Å²) in [7, 11) is 1.61. The Morgan fingerprint density at radius 1 is 1.10 bits per heavy atom. The molecule has 0 saturated heterocycles. The second-order valence-electron chi connectivity index (χ2n) is 4.38. The van der Waals surface area contributed by atoms with Gasteiger partial charge in [-0.25, -0.2) is 0 Å². The molecule has 0 fully saturated rings. The molecule has 0 heterocycles. The quantitative estimate of drug-likeness (QED) is 0.876. The first-order valence-corrected chi connectivity index (χ1v) is 6.81. The van der Waals surface area contributed by atoms with Gasteiger partial charge in [-0.3, -0.25) is 0 Å². The summed E-state index contributed by atoms with van der Waals surface area (Å²) in [5, 5.41) is 12.7. The number of anilines is 1. The lowest BCUT2D eigenvalue weighted by Gasteiger charge is -2.18. The zero-order valence-electron chi connectivity index (χ0n) is 12.2. The molecule has 0 saturated carbocycles. The molecule has 4 nitrogen and oxygen atoms in total. The number of ether oxygens (including phenoxy) is 2. The molecule has 4 heteroatoms. The van der Waals surface area contributed by atoms with Gasteiger partial charge in [0.1, 0.15) is 17.5 Å². The molecule has 1 unspecified atom stereocenters. The predicted octanol–water partition coefficient (Wildman–Crippen LogP) is 3.77. The summed E-state index contributed by atoms with van der Waals surface area (Å²) in [6.45, 7) is 2.48. The van der Waals surface area contributed by atoms with E-state index in [1.165, 1.54) is 0 Å². The molecule has 0 bridgehead atoms. The Labute approximate surface area is 124 Å². The van der Waals surface area contributed by atoms with Crippen LogP contribution < -0.4 is 14.8 Å². The van der Waals surface area contributed by atoms with Gasteiger partial charge < -0.3 is 14.8 Å². The molecule has 2 aromatic carbocycles. The number of nitrogens with one attached hydrogen (secondary N) is 1. The molecule has 0 aromatic heterocycles. The van der Waals surface area contributed by atoms with Crippen molar-refractivity contribution in [3.05, 3.63) is 54.1 Å². The standard InChI is InChI=1S/C17H18N2O2/c1-3-21-16-10-6-4-8-13(16)15(12-18)19-14-9-5-7-11-17(14)20-2/h4-11,15,19H,3H2,1-2H3. The summed E-state index contributed by atoms with van der Waals surface area (Å²) in [5.74, 6) is 1.42. The molecular weight excluding hydrogens is 264 g/mol. The highest BCUT2D eigenvalue weighted by Gasteiger charge is 2.16. The highest BCUT2D eigenvalue weighted by atomic mass is 16.5. The number of benzene rings is 2. The third kappa shape index (κ3) is 3.46. The minimum Gasteiger partial charge on any atom is -0.495 e. The monoisotopic (exact) mass is 282 g/mol. The first kappa shape index (κ1) is 14.7. The number of nitrogens with zero attached hydrogens (tertiary/aromatic N) is 1. The molecule has 0 aliphatic carbocycles. The van der Waals surface area contributed by atoms with Crippen LogP contribution in [0.5, 0.6) is 11.5 Å². The molecular formula is C17H18N2O2. The fourth-order valence-electron chi connectivity index (χ4n) is 2.10. The average Bonchev–Trinajstić information content (AvgIpc) is 2.54. The number of para-hydroxylation sites is 3. The SMILES string of the molecule is CCOc1ccccc1C(C#N)Nc1ccccc1OC. The maximum absolute atomic E-state index is 9.49. The Morgan fingerprint density at radius 3 is 2.43 bits per heavy atom. The van der Waals surface area contributed by atoms with E-state index in [4.69, 9.17) is 9.47 Å². The van der Waals surface area contributed by atoms with Gasteiger partial charge in [0.25, 0.3) is 0 Å². The van der Waals surface area contributed by atoms with Gasteiger partial charge >= 0.3 is 0 Å². The average molecular weight is 282 g/mol. The van der Waals surface area contributed by atoms with Gasteiger partial charge in [0.15, 0.2) is 0 Å². The van der Waals surface area contributed by atoms with Crippen LogP contribution in [0.2, 0.25) is 0 Å². The van der Waals surface area contributed by atoms with Crippen molar-refractivity contribution < 1.29 is 9.47 Å². The maximum Gasteiger partial charge on any atom is 0.143 e. The second-order valence-corrected chi connectivity index (χ2v) is 4.38. The van der Waals surface area contributed by atoms with Gasteiger partial charge in [0.2, 0.25) is 0 Å². The van der Waals surface area contributed by atoms with Crippen LogP contribution in [0.4, 0.5) is 5.69 Å². The largest absolute Gasteiger partial charge is 0.495 e. The summed E-state index contributed by atoms with van der Waals surface area (Å²) in [4.78, 5) is 0. The summed E-state index contributed by atoms with van der Waals surface area (Å²) in [5.41, 5.74) is 1.59. The maximum atomic E-state index is 9.49. The Hall–Kier alpha value is -2.67.